The van der Waals surface area contributed by atoms with Crippen molar-refractivity contribution >= 4 is 29.5 Å². The molecule has 6 rings (SSSR count). The van der Waals surface area contributed by atoms with E-state index in [0.29, 0.717) is 76.8 Å². The minimum Gasteiger partial charge on any atom is -0.456 e. The summed E-state index contributed by atoms with van der Waals surface area (Å²) in [7, 11) is 4.62. The Balaban J connectivity index is 0.00000963. The third kappa shape index (κ3) is 14.4. The maximum atomic E-state index is 14.6. The summed E-state index contributed by atoms with van der Waals surface area (Å²) >= 11 is 0. The lowest BCUT2D eigenvalue weighted by molar-refractivity contribution is -0.302. The van der Waals surface area contributed by atoms with Gasteiger partial charge in [0, 0.05) is 84.3 Å². The minimum atomic E-state index is -2.55. The summed E-state index contributed by atoms with van der Waals surface area (Å²) in [5.74, 6) is -8.27. The zero-order valence-electron chi connectivity index (χ0n) is 43.4. The monoisotopic (exact) mass is 1020 g/mol. The number of likely N-dealkylation sites (tertiary alicyclic amines) is 1. The van der Waals surface area contributed by atoms with Crippen LogP contribution < -0.4 is 0 Å². The Kier molecular flexibility index (Phi) is 22.5. The predicted octanol–water partition coefficient (Wildman–Crippen LogP) is 4.80. The van der Waals surface area contributed by atoms with Crippen LogP contribution in [0.25, 0.3) is 0 Å². The van der Waals surface area contributed by atoms with Gasteiger partial charge in [-0.25, -0.2) is 9.59 Å². The summed E-state index contributed by atoms with van der Waals surface area (Å²) < 4.78 is 41.9. The highest BCUT2D eigenvalue weighted by atomic mass is 16.7. The number of allylic oxidation sites excluding steroid dienone is 4. The Morgan fingerprint density at radius 1 is 0.875 bits per heavy atom. The van der Waals surface area contributed by atoms with E-state index < -0.39 is 90.0 Å². The number of carbonyl (C=O) groups excluding carboxylic acids is 5. The van der Waals surface area contributed by atoms with Crippen molar-refractivity contribution in [3.05, 3.63) is 35.5 Å². The maximum absolute atomic E-state index is 14.6. The number of nitrogens with zero attached hydrogens (tertiary/aromatic N) is 3. The summed E-state index contributed by atoms with van der Waals surface area (Å²) in [6.45, 7) is 13.3. The van der Waals surface area contributed by atoms with Crippen molar-refractivity contribution in [3.63, 3.8) is 0 Å². The maximum Gasteiger partial charge on any atom is 0.410 e. The number of morpholine rings is 1. The number of methoxy groups -OCH3 is 3. The van der Waals surface area contributed by atoms with Crippen molar-refractivity contribution < 1.29 is 72.5 Å². The molecule has 18 heteroatoms. The molecule has 72 heavy (non-hydrogen) atoms. The van der Waals surface area contributed by atoms with Gasteiger partial charge in [-0.1, -0.05) is 58.1 Å². The van der Waals surface area contributed by atoms with Crippen LogP contribution >= 0.6 is 0 Å². The Morgan fingerprint density at radius 2 is 1.56 bits per heavy atom. The number of carbonyl (C=O) groups is 5. The highest BCUT2D eigenvalue weighted by Gasteiger charge is 2.57. The molecule has 0 aromatic heterocycles. The van der Waals surface area contributed by atoms with Crippen LogP contribution in [0, 0.1) is 29.6 Å². The molecule has 18 nitrogen and oxygen atoms in total. The van der Waals surface area contributed by atoms with Crippen molar-refractivity contribution in [2.45, 2.75) is 173 Å². The molecule has 2 bridgehead atoms. The van der Waals surface area contributed by atoms with E-state index in [4.69, 9.17) is 33.2 Å². The summed E-state index contributed by atoms with van der Waals surface area (Å²) in [4.78, 5) is 76.2. The topological polar surface area (TPSA) is 220 Å². The molecule has 6 aliphatic rings. The fourth-order valence-corrected chi connectivity index (χ4v) is 11.7. The molecule has 5 heterocycles. The number of hydrogen-bond acceptors (Lipinski definition) is 16. The number of ketones is 2. The number of aliphatic hydroxyl groups is 3. The summed E-state index contributed by atoms with van der Waals surface area (Å²) in [5, 5.41) is 33.7. The van der Waals surface area contributed by atoms with Gasteiger partial charge in [-0.3, -0.25) is 19.3 Å². The predicted molar refractivity (Wildman–Crippen MR) is 267 cm³/mol. The SMILES string of the molecule is C.CO[C@H]1C[C@@H](C)C/C(C)=C/[C@@H](C/C=C/CO)C(=O)C[C@H](O)[C@@H](C)[C@@H](/C(C)=C/[C@@H]2CC[C@@H](OC(=O)N3CC(N4CCOCC4)C3)[C@H](OC)C2)OC(=O)[C@@H]2CCCCN2C(=O)C(=O)[C@]2(O)O[C@H]1[C@@H](OC)C[C@H]2C. The fraction of sp³-hybridized carbons (Fsp3) is 0.796. The lowest BCUT2D eigenvalue weighted by atomic mass is 9.81. The Morgan fingerprint density at radius 3 is 2.22 bits per heavy atom. The van der Waals surface area contributed by atoms with Crippen molar-refractivity contribution in [3.8, 4) is 0 Å². The van der Waals surface area contributed by atoms with E-state index in [2.05, 4.69) is 4.90 Å². The first-order valence-electron chi connectivity index (χ1n) is 26.1. The largest absolute Gasteiger partial charge is 0.456 e. The van der Waals surface area contributed by atoms with Crippen molar-refractivity contribution in [1.29, 1.82) is 0 Å². The van der Waals surface area contributed by atoms with Crippen LogP contribution in [-0.4, -0.2) is 194 Å². The first-order chi connectivity index (χ1) is 33.9. The number of aliphatic hydroxyl groups excluding tert-OH is 2. The fourth-order valence-electron chi connectivity index (χ4n) is 11.7. The molecule has 0 aromatic rings. The molecule has 0 aromatic carbocycles. The smallest absolute Gasteiger partial charge is 0.410 e. The number of rotatable bonds is 10. The zero-order chi connectivity index (χ0) is 51.6. The van der Waals surface area contributed by atoms with E-state index >= 15 is 0 Å². The van der Waals surface area contributed by atoms with E-state index in [1.807, 2.05) is 32.9 Å². The summed E-state index contributed by atoms with van der Waals surface area (Å²) in [5.41, 5.74) is 1.53. The number of Topliss-reactive ketones (excluding diaryl/α,β-unsaturated/α-hetero) is 2. The lowest BCUT2D eigenvalue weighted by Gasteiger charge is -2.47. The van der Waals surface area contributed by atoms with Gasteiger partial charge < -0.3 is 58.3 Å². The first-order valence-corrected chi connectivity index (χ1v) is 26.1. The number of piperidine rings is 1. The second-order valence-electron chi connectivity index (χ2n) is 21.2. The molecule has 5 aliphatic heterocycles. The Bertz CT molecular complexity index is 1920. The molecule has 3 N–H and O–H groups in total. The van der Waals surface area contributed by atoms with Gasteiger partial charge in [0.1, 0.15) is 30.1 Å². The van der Waals surface area contributed by atoms with Crippen molar-refractivity contribution in [2.75, 3.05) is 73.9 Å². The van der Waals surface area contributed by atoms with Crippen LogP contribution in [0.4, 0.5) is 4.79 Å². The summed E-state index contributed by atoms with van der Waals surface area (Å²) in [6.07, 6.45) is 5.53. The standard InChI is InChI=1S/C53H83N3O15.CH4/c1-32-23-33(2)25-45(66-7)48-46(67-8)27-35(4)53(64,71-48)49(60)50(61)56-17-11-9-14-40(56)51(62)70-47(36(5)41(58)29-42(59)38(24-32)13-10-12-20-57)34(3)26-37-15-16-43(44(28-37)65-6)69-52(63)55-30-39(31-55)54-18-21-68-22-19-54;/h10,12,24,26,33,35-41,43-48,57-58,64H,9,11,13-23,25,27-31H2,1-8H3;1H4/b12-10+,32-24+,34-26+;/t33-,35+,36+,37-,38+,40-,41-,43+,44+,45-,46-,47+,48+,53+;/m0./s1. The molecule has 1 aliphatic carbocycles. The van der Waals surface area contributed by atoms with Crippen LogP contribution in [0.3, 0.4) is 0 Å². The van der Waals surface area contributed by atoms with Gasteiger partial charge in [-0.05, 0) is 95.5 Å². The number of ether oxygens (including phenoxy) is 7. The molecular formula is C54H87N3O15. The van der Waals surface area contributed by atoms with Gasteiger partial charge in [0.2, 0.25) is 5.79 Å². The van der Waals surface area contributed by atoms with Crippen LogP contribution in [0.15, 0.2) is 35.5 Å². The summed E-state index contributed by atoms with van der Waals surface area (Å²) in [6, 6.07) is -0.902. The third-order valence-electron chi connectivity index (χ3n) is 16.0. The van der Waals surface area contributed by atoms with E-state index in [-0.39, 0.29) is 76.0 Å². The molecule has 0 radical (unpaired) electrons. The zero-order valence-corrected chi connectivity index (χ0v) is 43.4. The number of fused-ring (bicyclic) bond motifs is 3. The quantitative estimate of drug-likeness (QED) is 0.152. The van der Waals surface area contributed by atoms with E-state index in [9.17, 15) is 39.3 Å². The van der Waals surface area contributed by atoms with Gasteiger partial charge in [0.05, 0.1) is 44.2 Å². The third-order valence-corrected chi connectivity index (χ3v) is 16.0. The Labute approximate surface area is 427 Å². The highest BCUT2D eigenvalue weighted by Crippen LogP contribution is 2.40. The second kappa shape index (κ2) is 27.3. The molecule has 0 spiro atoms. The molecule has 0 unspecified atom stereocenters. The van der Waals surface area contributed by atoms with Gasteiger partial charge in [-0.2, -0.15) is 0 Å². The van der Waals surface area contributed by atoms with Crippen molar-refractivity contribution in [1.82, 2.24) is 14.7 Å². The molecule has 14 atom stereocenters. The number of esters is 1. The number of amides is 2. The van der Waals surface area contributed by atoms with Crippen LogP contribution in [0.1, 0.15) is 113 Å². The van der Waals surface area contributed by atoms with Gasteiger partial charge in [0.15, 0.2) is 0 Å². The first kappa shape index (κ1) is 59.3. The normalized spacial score (nSPS) is 37.6. The minimum absolute atomic E-state index is 0. The van der Waals surface area contributed by atoms with E-state index in [1.54, 1.807) is 38.0 Å². The van der Waals surface area contributed by atoms with Gasteiger partial charge in [0.25, 0.3) is 11.7 Å². The van der Waals surface area contributed by atoms with Crippen molar-refractivity contribution in [2.24, 2.45) is 29.6 Å². The van der Waals surface area contributed by atoms with Crippen LogP contribution in [0.5, 0.6) is 0 Å². The second-order valence-corrected chi connectivity index (χ2v) is 21.2. The van der Waals surface area contributed by atoms with Gasteiger partial charge in [-0.15, -0.1) is 0 Å². The average molecular weight is 1020 g/mol. The average Bonchev–Trinajstić information content (AvgIpc) is 3.34. The number of cyclic esters (lactones) is 1. The highest BCUT2D eigenvalue weighted by molar-refractivity contribution is 6.39. The Hall–Kier alpha value is -3.59. The molecule has 2 amide bonds. The molecule has 5 fully saturated rings. The molecule has 408 valence electrons. The number of hydrogen-bond donors (Lipinski definition) is 3. The van der Waals surface area contributed by atoms with E-state index in [0.717, 1.165) is 18.7 Å². The van der Waals surface area contributed by atoms with Crippen LogP contribution in [0.2, 0.25) is 0 Å². The molecule has 1 saturated carbocycles. The van der Waals surface area contributed by atoms with Gasteiger partial charge >= 0.3 is 12.1 Å². The molecular weight excluding hydrogens is 931 g/mol. The lowest BCUT2D eigenvalue weighted by Crippen LogP contribution is -2.64. The molecule has 4 saturated heterocycles. The van der Waals surface area contributed by atoms with Crippen LogP contribution in [-0.2, 0) is 52.3 Å². The van der Waals surface area contributed by atoms with E-state index in [1.165, 1.54) is 19.1 Å².